The SMILES string of the molecule is CCOc1ccccc1CN(CC)CC(C)C(=O)O. The number of hydrogen-bond donors (Lipinski definition) is 1. The predicted molar refractivity (Wildman–Crippen MR) is 75.4 cm³/mol. The maximum absolute atomic E-state index is 10.9. The van der Waals surface area contributed by atoms with Gasteiger partial charge >= 0.3 is 5.97 Å². The third kappa shape index (κ3) is 4.91. The molecule has 1 N–H and O–H groups in total. The molecule has 106 valence electrons. The zero-order valence-corrected chi connectivity index (χ0v) is 11.9. The average molecular weight is 265 g/mol. The molecular weight excluding hydrogens is 242 g/mol. The Morgan fingerprint density at radius 1 is 1.37 bits per heavy atom. The van der Waals surface area contributed by atoms with Crippen molar-refractivity contribution in [3.8, 4) is 5.75 Å². The van der Waals surface area contributed by atoms with Crippen LogP contribution in [0.25, 0.3) is 0 Å². The van der Waals surface area contributed by atoms with Crippen molar-refractivity contribution >= 4 is 5.97 Å². The Kier molecular flexibility index (Phi) is 6.36. The number of aliphatic carboxylic acids is 1. The summed E-state index contributed by atoms with van der Waals surface area (Å²) >= 11 is 0. The summed E-state index contributed by atoms with van der Waals surface area (Å²) in [5.74, 6) is -0.234. The number of nitrogens with zero attached hydrogens (tertiary/aromatic N) is 1. The largest absolute Gasteiger partial charge is 0.494 e. The number of benzene rings is 1. The Bertz CT molecular complexity index is 406. The predicted octanol–water partition coefficient (Wildman–Crippen LogP) is 2.63. The maximum Gasteiger partial charge on any atom is 0.307 e. The normalized spacial score (nSPS) is 12.4. The van der Waals surface area contributed by atoms with E-state index in [1.54, 1.807) is 6.92 Å². The summed E-state index contributed by atoms with van der Waals surface area (Å²) in [6.07, 6.45) is 0. The molecule has 1 aromatic carbocycles. The fraction of sp³-hybridized carbons (Fsp3) is 0.533. The highest BCUT2D eigenvalue weighted by atomic mass is 16.5. The van der Waals surface area contributed by atoms with Gasteiger partial charge in [-0.05, 0) is 19.5 Å². The van der Waals surface area contributed by atoms with Gasteiger partial charge in [-0.15, -0.1) is 0 Å². The van der Waals surface area contributed by atoms with Gasteiger partial charge in [0.25, 0.3) is 0 Å². The Labute approximate surface area is 115 Å². The first-order valence-electron chi connectivity index (χ1n) is 6.74. The number of hydrogen-bond acceptors (Lipinski definition) is 3. The molecule has 19 heavy (non-hydrogen) atoms. The summed E-state index contributed by atoms with van der Waals surface area (Å²) < 4.78 is 5.59. The van der Waals surface area contributed by atoms with Gasteiger partial charge in [0, 0.05) is 18.7 Å². The lowest BCUT2D eigenvalue weighted by molar-refractivity contribution is -0.141. The van der Waals surface area contributed by atoms with Gasteiger partial charge in [-0.2, -0.15) is 0 Å². The van der Waals surface area contributed by atoms with Crippen molar-refractivity contribution in [1.29, 1.82) is 0 Å². The van der Waals surface area contributed by atoms with Crippen LogP contribution in [0.3, 0.4) is 0 Å². The average Bonchev–Trinajstić information content (AvgIpc) is 2.40. The molecular formula is C15H23NO3. The van der Waals surface area contributed by atoms with E-state index >= 15 is 0 Å². The standard InChI is InChI=1S/C15H23NO3/c1-4-16(10-12(3)15(17)18)11-13-8-6-7-9-14(13)19-5-2/h6-9,12H,4-5,10-11H2,1-3H3,(H,17,18). The topological polar surface area (TPSA) is 49.8 Å². The third-order valence-electron chi connectivity index (χ3n) is 3.07. The first kappa shape index (κ1) is 15.5. The molecule has 4 nitrogen and oxygen atoms in total. The lowest BCUT2D eigenvalue weighted by Gasteiger charge is -2.23. The smallest absolute Gasteiger partial charge is 0.307 e. The molecule has 1 unspecified atom stereocenters. The van der Waals surface area contributed by atoms with Gasteiger partial charge in [0.2, 0.25) is 0 Å². The highest BCUT2D eigenvalue weighted by Gasteiger charge is 2.16. The van der Waals surface area contributed by atoms with Gasteiger partial charge in [-0.1, -0.05) is 32.0 Å². The fourth-order valence-electron chi connectivity index (χ4n) is 1.94. The molecule has 1 atom stereocenters. The van der Waals surface area contributed by atoms with E-state index in [0.717, 1.165) is 17.9 Å². The van der Waals surface area contributed by atoms with E-state index in [0.29, 0.717) is 19.7 Å². The van der Waals surface area contributed by atoms with Crippen molar-refractivity contribution in [2.75, 3.05) is 19.7 Å². The van der Waals surface area contributed by atoms with Gasteiger partial charge in [0.1, 0.15) is 5.75 Å². The molecule has 0 fully saturated rings. The van der Waals surface area contributed by atoms with Crippen LogP contribution in [-0.2, 0) is 11.3 Å². The van der Waals surface area contributed by atoms with Crippen LogP contribution in [0.5, 0.6) is 5.75 Å². The van der Waals surface area contributed by atoms with Gasteiger partial charge < -0.3 is 9.84 Å². The van der Waals surface area contributed by atoms with Crippen LogP contribution in [0.15, 0.2) is 24.3 Å². The fourth-order valence-corrected chi connectivity index (χ4v) is 1.94. The van der Waals surface area contributed by atoms with E-state index in [1.165, 1.54) is 0 Å². The quantitative estimate of drug-likeness (QED) is 0.785. The number of para-hydroxylation sites is 1. The molecule has 1 rings (SSSR count). The third-order valence-corrected chi connectivity index (χ3v) is 3.07. The first-order valence-corrected chi connectivity index (χ1v) is 6.74. The van der Waals surface area contributed by atoms with E-state index in [9.17, 15) is 4.79 Å². The number of carboxylic acids is 1. The van der Waals surface area contributed by atoms with Crippen LogP contribution in [0.1, 0.15) is 26.3 Å². The van der Waals surface area contributed by atoms with Crippen LogP contribution < -0.4 is 4.74 Å². The highest BCUT2D eigenvalue weighted by Crippen LogP contribution is 2.20. The summed E-state index contributed by atoms with van der Waals surface area (Å²) in [6.45, 7) is 8.45. The minimum Gasteiger partial charge on any atom is -0.494 e. The minimum atomic E-state index is -0.753. The molecule has 0 spiro atoms. The molecule has 0 heterocycles. The van der Waals surface area contributed by atoms with Crippen LogP contribution in [0, 0.1) is 5.92 Å². The van der Waals surface area contributed by atoms with Crippen molar-refractivity contribution in [3.63, 3.8) is 0 Å². The van der Waals surface area contributed by atoms with Crippen LogP contribution in [-0.4, -0.2) is 35.7 Å². The van der Waals surface area contributed by atoms with Crippen molar-refractivity contribution in [1.82, 2.24) is 4.90 Å². The molecule has 4 heteroatoms. The van der Waals surface area contributed by atoms with Gasteiger partial charge in [-0.25, -0.2) is 0 Å². The Hall–Kier alpha value is -1.55. The number of ether oxygens (including phenoxy) is 1. The second-order valence-electron chi connectivity index (χ2n) is 4.61. The minimum absolute atomic E-state index is 0.362. The van der Waals surface area contributed by atoms with Gasteiger partial charge in [0.15, 0.2) is 0 Å². The number of carboxylic acid groups (broad SMARTS) is 1. The highest BCUT2D eigenvalue weighted by molar-refractivity contribution is 5.69. The first-order chi connectivity index (χ1) is 9.08. The molecule has 0 radical (unpaired) electrons. The van der Waals surface area contributed by atoms with Crippen molar-refractivity contribution in [2.45, 2.75) is 27.3 Å². The molecule has 0 aliphatic rings. The van der Waals surface area contributed by atoms with E-state index in [2.05, 4.69) is 4.90 Å². The summed E-state index contributed by atoms with van der Waals surface area (Å²) in [5, 5.41) is 8.98. The van der Waals surface area contributed by atoms with Gasteiger partial charge in [-0.3, -0.25) is 9.69 Å². The summed E-state index contributed by atoms with van der Waals surface area (Å²) in [7, 11) is 0. The van der Waals surface area contributed by atoms with Gasteiger partial charge in [0.05, 0.1) is 12.5 Å². The molecule has 0 saturated heterocycles. The molecule has 1 aromatic rings. The second-order valence-corrected chi connectivity index (χ2v) is 4.61. The maximum atomic E-state index is 10.9. The van der Waals surface area contributed by atoms with E-state index < -0.39 is 5.97 Å². The molecule has 0 aliphatic heterocycles. The van der Waals surface area contributed by atoms with Crippen LogP contribution in [0.4, 0.5) is 0 Å². The van der Waals surface area contributed by atoms with E-state index in [4.69, 9.17) is 9.84 Å². The van der Waals surface area contributed by atoms with E-state index in [1.807, 2.05) is 38.1 Å². The van der Waals surface area contributed by atoms with Crippen molar-refractivity contribution in [2.24, 2.45) is 5.92 Å². The lowest BCUT2D eigenvalue weighted by Crippen LogP contribution is -2.31. The molecule has 0 bridgehead atoms. The summed E-state index contributed by atoms with van der Waals surface area (Å²) in [5.41, 5.74) is 1.10. The summed E-state index contributed by atoms with van der Waals surface area (Å²) in [6, 6.07) is 7.91. The number of carbonyl (C=O) groups is 1. The Morgan fingerprint density at radius 3 is 2.63 bits per heavy atom. The number of rotatable bonds is 8. The zero-order chi connectivity index (χ0) is 14.3. The molecule has 0 amide bonds. The van der Waals surface area contributed by atoms with Crippen molar-refractivity contribution in [3.05, 3.63) is 29.8 Å². The molecule has 0 aromatic heterocycles. The summed E-state index contributed by atoms with van der Waals surface area (Å²) in [4.78, 5) is 13.0. The van der Waals surface area contributed by atoms with Crippen LogP contribution in [0.2, 0.25) is 0 Å². The molecule has 0 aliphatic carbocycles. The Balaban J connectivity index is 2.72. The van der Waals surface area contributed by atoms with Crippen LogP contribution >= 0.6 is 0 Å². The Morgan fingerprint density at radius 2 is 2.05 bits per heavy atom. The molecule has 0 saturated carbocycles. The second kappa shape index (κ2) is 7.79. The monoisotopic (exact) mass is 265 g/mol. The lowest BCUT2D eigenvalue weighted by atomic mass is 10.1. The zero-order valence-electron chi connectivity index (χ0n) is 11.9. The van der Waals surface area contributed by atoms with Crippen molar-refractivity contribution < 1.29 is 14.6 Å². The van der Waals surface area contributed by atoms with E-state index in [-0.39, 0.29) is 5.92 Å².